The first-order valence-corrected chi connectivity index (χ1v) is 9.77. The Hall–Kier alpha value is -3.31. The molecule has 1 atom stereocenters. The minimum absolute atomic E-state index is 0.0545. The topological polar surface area (TPSA) is 159 Å². The minimum Gasteiger partial charge on any atom is -0.380 e. The number of primary amides is 1. The van der Waals surface area contributed by atoms with Crippen LogP contribution in [0, 0.1) is 6.92 Å². The lowest BCUT2D eigenvalue weighted by Crippen LogP contribution is -2.34. The van der Waals surface area contributed by atoms with Crippen LogP contribution in [0.5, 0.6) is 0 Å². The highest BCUT2D eigenvalue weighted by Crippen LogP contribution is 2.26. The summed E-state index contributed by atoms with van der Waals surface area (Å²) in [5.41, 5.74) is 14.2. The van der Waals surface area contributed by atoms with Crippen molar-refractivity contribution in [1.29, 1.82) is 0 Å². The van der Waals surface area contributed by atoms with Gasteiger partial charge in [0.05, 0.1) is 18.3 Å². The second-order valence-electron chi connectivity index (χ2n) is 6.81. The predicted octanol–water partition coefficient (Wildman–Crippen LogP) is 1.17. The number of benzene rings is 1. The van der Waals surface area contributed by atoms with E-state index in [1.165, 1.54) is 0 Å². The Morgan fingerprint density at radius 3 is 2.80 bits per heavy atom. The van der Waals surface area contributed by atoms with Crippen molar-refractivity contribution >= 4 is 34.3 Å². The maximum atomic E-state index is 11.8. The summed E-state index contributed by atoms with van der Waals surface area (Å²) in [4.78, 5) is 16.2. The molecule has 0 saturated heterocycles. The second-order valence-corrected chi connectivity index (χ2v) is 6.81. The van der Waals surface area contributed by atoms with Gasteiger partial charge >= 0.3 is 0 Å². The predicted molar refractivity (Wildman–Crippen MR) is 115 cm³/mol. The highest BCUT2D eigenvalue weighted by Gasteiger charge is 2.16. The summed E-state index contributed by atoms with van der Waals surface area (Å²) in [5.74, 6) is -0.292. The van der Waals surface area contributed by atoms with Gasteiger partial charge in [-0.05, 0) is 38.5 Å². The van der Waals surface area contributed by atoms with Crippen molar-refractivity contribution in [1.82, 2.24) is 25.0 Å². The van der Waals surface area contributed by atoms with E-state index in [0.717, 1.165) is 28.7 Å². The number of nitrogens with one attached hydrogen (secondary N) is 2. The van der Waals surface area contributed by atoms with Crippen molar-refractivity contribution in [3.8, 4) is 0 Å². The molecule has 0 aliphatic heterocycles. The molecule has 160 valence electrons. The molecule has 0 unspecified atom stereocenters. The first kappa shape index (κ1) is 21.4. The monoisotopic (exact) mass is 413 g/mol. The van der Waals surface area contributed by atoms with Crippen LogP contribution in [0.25, 0.3) is 10.9 Å². The van der Waals surface area contributed by atoms with Gasteiger partial charge < -0.3 is 26.8 Å². The van der Waals surface area contributed by atoms with Gasteiger partial charge in [0.2, 0.25) is 5.95 Å². The SMILES string of the molecule is CCOC[C@H](N)CNc1nnc(C(N)=O)c(Nc2cc(C)c3c(cnn3CC)c2)n1. The lowest BCUT2D eigenvalue weighted by Gasteiger charge is -2.14. The fourth-order valence-corrected chi connectivity index (χ4v) is 3.10. The summed E-state index contributed by atoms with van der Waals surface area (Å²) in [6, 6.07) is 3.65. The van der Waals surface area contributed by atoms with E-state index in [4.69, 9.17) is 16.2 Å². The fraction of sp³-hybridized carbons (Fsp3) is 0.421. The number of carbonyl (C=O) groups excluding carboxylic acids is 1. The third-order valence-electron chi connectivity index (χ3n) is 4.47. The number of aryl methyl sites for hydroxylation is 2. The number of nitrogens with zero attached hydrogens (tertiary/aromatic N) is 5. The lowest BCUT2D eigenvalue weighted by molar-refractivity contribution is 0.0995. The van der Waals surface area contributed by atoms with Crippen molar-refractivity contribution in [2.75, 3.05) is 30.4 Å². The summed E-state index contributed by atoms with van der Waals surface area (Å²) >= 11 is 0. The van der Waals surface area contributed by atoms with Gasteiger partial charge in [0.25, 0.3) is 5.91 Å². The number of rotatable bonds is 10. The van der Waals surface area contributed by atoms with Gasteiger partial charge in [-0.1, -0.05) is 0 Å². The third kappa shape index (κ3) is 4.81. The maximum absolute atomic E-state index is 11.8. The number of aromatic nitrogens is 5. The Morgan fingerprint density at radius 2 is 2.10 bits per heavy atom. The van der Waals surface area contributed by atoms with Crippen LogP contribution in [0.2, 0.25) is 0 Å². The summed E-state index contributed by atoms with van der Waals surface area (Å²) in [7, 11) is 0. The molecular formula is C19H27N9O2. The quantitative estimate of drug-likeness (QED) is 0.382. The number of anilines is 3. The van der Waals surface area contributed by atoms with Crippen molar-refractivity contribution < 1.29 is 9.53 Å². The van der Waals surface area contributed by atoms with Crippen molar-refractivity contribution in [2.24, 2.45) is 11.5 Å². The molecule has 2 aromatic heterocycles. The average molecular weight is 413 g/mol. The zero-order valence-electron chi connectivity index (χ0n) is 17.3. The zero-order valence-corrected chi connectivity index (χ0v) is 17.3. The molecule has 6 N–H and O–H groups in total. The summed E-state index contributed by atoms with van der Waals surface area (Å²) in [5, 5.41) is 19.3. The van der Waals surface area contributed by atoms with E-state index in [2.05, 4.69) is 30.9 Å². The molecule has 0 saturated carbocycles. The number of amides is 1. The molecule has 0 fully saturated rings. The van der Waals surface area contributed by atoms with Crippen LogP contribution in [0.4, 0.5) is 17.5 Å². The van der Waals surface area contributed by atoms with Gasteiger partial charge in [-0.25, -0.2) is 0 Å². The van der Waals surface area contributed by atoms with Crippen molar-refractivity contribution in [3.63, 3.8) is 0 Å². The third-order valence-corrected chi connectivity index (χ3v) is 4.47. The van der Waals surface area contributed by atoms with Gasteiger partial charge in [0, 0.05) is 36.8 Å². The highest BCUT2D eigenvalue weighted by atomic mass is 16.5. The number of nitrogens with two attached hydrogens (primary N) is 2. The average Bonchev–Trinajstić information content (AvgIpc) is 3.14. The first-order chi connectivity index (χ1) is 14.4. The first-order valence-electron chi connectivity index (χ1n) is 9.77. The van der Waals surface area contributed by atoms with E-state index in [1.54, 1.807) is 6.20 Å². The summed E-state index contributed by atoms with van der Waals surface area (Å²) in [6.07, 6.45) is 1.80. The van der Waals surface area contributed by atoms with Gasteiger partial charge in [0.1, 0.15) is 0 Å². The Morgan fingerprint density at radius 1 is 1.30 bits per heavy atom. The van der Waals surface area contributed by atoms with Crippen LogP contribution >= 0.6 is 0 Å². The van der Waals surface area contributed by atoms with Gasteiger partial charge in [-0.15, -0.1) is 10.2 Å². The molecule has 1 aromatic carbocycles. The number of carbonyl (C=O) groups is 1. The van der Waals surface area contributed by atoms with Crippen LogP contribution in [-0.2, 0) is 11.3 Å². The fourth-order valence-electron chi connectivity index (χ4n) is 3.10. The molecular weight excluding hydrogens is 386 g/mol. The molecule has 3 aromatic rings. The lowest BCUT2D eigenvalue weighted by atomic mass is 10.1. The number of fused-ring (bicyclic) bond motifs is 1. The van der Waals surface area contributed by atoms with Crippen LogP contribution in [0.3, 0.4) is 0 Å². The van der Waals surface area contributed by atoms with Gasteiger partial charge in [-0.2, -0.15) is 10.1 Å². The largest absolute Gasteiger partial charge is 0.380 e. The number of hydrogen-bond acceptors (Lipinski definition) is 9. The molecule has 30 heavy (non-hydrogen) atoms. The molecule has 1 amide bonds. The van der Waals surface area contributed by atoms with Crippen LogP contribution in [0.15, 0.2) is 18.3 Å². The molecule has 3 rings (SSSR count). The van der Waals surface area contributed by atoms with Crippen LogP contribution < -0.4 is 22.1 Å². The molecule has 0 radical (unpaired) electrons. The Labute approximate surface area is 174 Å². The number of ether oxygens (including phenoxy) is 1. The van der Waals surface area contributed by atoms with Crippen LogP contribution in [0.1, 0.15) is 29.9 Å². The van der Waals surface area contributed by atoms with E-state index in [-0.39, 0.29) is 23.5 Å². The Balaban J connectivity index is 1.85. The Bertz CT molecular complexity index is 1030. The van der Waals surface area contributed by atoms with Crippen molar-refractivity contribution in [3.05, 3.63) is 29.6 Å². The maximum Gasteiger partial charge on any atom is 0.273 e. The normalized spacial score (nSPS) is 12.1. The molecule has 2 heterocycles. The summed E-state index contributed by atoms with van der Waals surface area (Å²) in [6.45, 7) is 8.11. The molecule has 11 nitrogen and oxygen atoms in total. The zero-order chi connectivity index (χ0) is 21.7. The molecule has 0 bridgehead atoms. The van der Waals surface area contributed by atoms with E-state index < -0.39 is 5.91 Å². The minimum atomic E-state index is -0.728. The second kappa shape index (κ2) is 9.46. The molecule has 11 heteroatoms. The van der Waals surface area contributed by atoms with E-state index in [1.807, 2.05) is 37.6 Å². The highest BCUT2D eigenvalue weighted by molar-refractivity contribution is 5.96. The molecule has 0 aliphatic rings. The smallest absolute Gasteiger partial charge is 0.273 e. The van der Waals surface area contributed by atoms with E-state index >= 15 is 0 Å². The standard InChI is InChI=1S/C19H27N9O2/c1-4-28-16-11(3)6-14(7-12(16)8-23-28)24-18-15(17(21)29)26-27-19(25-18)22-9-13(20)10-30-5-2/h6-8,13H,4-5,9-10,20H2,1-3H3,(H2,21,29)(H2,22,24,25,27)/t13-/m1/s1. The van der Waals surface area contributed by atoms with Gasteiger partial charge in [-0.3, -0.25) is 9.48 Å². The van der Waals surface area contributed by atoms with E-state index in [0.29, 0.717) is 19.8 Å². The number of hydrogen-bond donors (Lipinski definition) is 4. The molecule has 0 spiro atoms. The Kier molecular flexibility index (Phi) is 6.75. The van der Waals surface area contributed by atoms with Gasteiger partial charge in [0.15, 0.2) is 11.5 Å². The summed E-state index contributed by atoms with van der Waals surface area (Å²) < 4.78 is 7.22. The van der Waals surface area contributed by atoms with Crippen molar-refractivity contribution in [2.45, 2.75) is 33.4 Å². The van der Waals surface area contributed by atoms with E-state index in [9.17, 15) is 4.79 Å². The molecule has 0 aliphatic carbocycles. The van der Waals surface area contributed by atoms with Crippen LogP contribution in [-0.4, -0.2) is 56.7 Å².